The Hall–Kier alpha value is -2.96. The van der Waals surface area contributed by atoms with Gasteiger partial charge < -0.3 is 0 Å². The number of thiophene rings is 1. The summed E-state index contributed by atoms with van der Waals surface area (Å²) < 4.78 is 1.62. The van der Waals surface area contributed by atoms with Crippen molar-refractivity contribution in [3.8, 4) is 11.1 Å². The molecular formula is C27H26N2O2S2. The lowest BCUT2D eigenvalue weighted by molar-refractivity contribution is 0.0994. The van der Waals surface area contributed by atoms with Crippen molar-refractivity contribution in [2.24, 2.45) is 0 Å². The summed E-state index contributed by atoms with van der Waals surface area (Å²) in [6.45, 7) is 10.1. The number of hydrogen-bond acceptors (Lipinski definition) is 5. The van der Waals surface area contributed by atoms with Gasteiger partial charge in [0.15, 0.2) is 10.9 Å². The predicted octanol–water partition coefficient (Wildman–Crippen LogP) is 6.55. The van der Waals surface area contributed by atoms with Crippen molar-refractivity contribution in [1.29, 1.82) is 0 Å². The van der Waals surface area contributed by atoms with Gasteiger partial charge in [-0.05, 0) is 31.4 Å². The standard InChI is InChI=1S/C27H26N2O2S2/c1-5-15-29-26(31)23-22(20-11-7-17(3)8-12-20)16-32-25(23)28-27(29)33-18(4)24(30)21-13-9-19(6-2)10-14-21/h5,7-14,16,18H,1,6,15H2,2-4H3. The summed E-state index contributed by atoms with van der Waals surface area (Å²) in [4.78, 5) is 32.1. The Balaban J connectivity index is 1.72. The SMILES string of the molecule is C=CCn1c(SC(C)C(=O)c2ccc(CC)cc2)nc2scc(-c3ccc(C)cc3)c2c1=O. The summed E-state index contributed by atoms with van der Waals surface area (Å²) in [5, 5.41) is 2.76. The summed E-state index contributed by atoms with van der Waals surface area (Å²) in [5.74, 6) is 0.0219. The van der Waals surface area contributed by atoms with Gasteiger partial charge in [-0.3, -0.25) is 14.2 Å². The minimum Gasteiger partial charge on any atom is -0.293 e. The Morgan fingerprint density at radius 1 is 1.18 bits per heavy atom. The molecule has 6 heteroatoms. The molecule has 2 heterocycles. The lowest BCUT2D eigenvalue weighted by Crippen LogP contribution is -2.24. The largest absolute Gasteiger partial charge is 0.293 e. The van der Waals surface area contributed by atoms with Crippen LogP contribution in [0.5, 0.6) is 0 Å². The molecule has 4 nitrogen and oxygen atoms in total. The normalized spacial score (nSPS) is 12.1. The second-order valence-electron chi connectivity index (χ2n) is 7.97. The van der Waals surface area contributed by atoms with E-state index < -0.39 is 0 Å². The summed E-state index contributed by atoms with van der Waals surface area (Å²) >= 11 is 2.78. The fourth-order valence-corrected chi connectivity index (χ4v) is 5.67. The summed E-state index contributed by atoms with van der Waals surface area (Å²) in [6.07, 6.45) is 2.62. The van der Waals surface area contributed by atoms with Crippen LogP contribution < -0.4 is 5.56 Å². The Bertz CT molecular complexity index is 1370. The summed E-state index contributed by atoms with van der Waals surface area (Å²) in [5.41, 5.74) is 4.82. The number of carbonyl (C=O) groups is 1. The maximum absolute atomic E-state index is 13.5. The van der Waals surface area contributed by atoms with Crippen LogP contribution in [0.3, 0.4) is 0 Å². The molecule has 0 aliphatic carbocycles. The molecule has 2 aromatic carbocycles. The highest BCUT2D eigenvalue weighted by atomic mass is 32.2. The van der Waals surface area contributed by atoms with Crippen LogP contribution in [0.4, 0.5) is 0 Å². The molecular weight excluding hydrogens is 448 g/mol. The molecule has 0 saturated carbocycles. The average molecular weight is 475 g/mol. The number of aromatic nitrogens is 2. The Morgan fingerprint density at radius 2 is 1.88 bits per heavy atom. The van der Waals surface area contributed by atoms with Gasteiger partial charge in [-0.25, -0.2) is 4.98 Å². The molecule has 33 heavy (non-hydrogen) atoms. The maximum Gasteiger partial charge on any atom is 0.263 e. The molecule has 0 spiro atoms. The van der Waals surface area contributed by atoms with Gasteiger partial charge in [0.2, 0.25) is 0 Å². The number of allylic oxidation sites excluding steroid dienone is 1. The van der Waals surface area contributed by atoms with E-state index in [1.54, 1.807) is 10.6 Å². The first-order valence-corrected chi connectivity index (χ1v) is 12.7. The quantitative estimate of drug-likeness (QED) is 0.126. The molecule has 1 atom stereocenters. The first-order chi connectivity index (χ1) is 15.9. The van der Waals surface area contributed by atoms with E-state index in [4.69, 9.17) is 4.98 Å². The van der Waals surface area contributed by atoms with E-state index in [2.05, 4.69) is 13.5 Å². The van der Waals surface area contributed by atoms with Crippen molar-refractivity contribution >= 4 is 39.1 Å². The van der Waals surface area contributed by atoms with Crippen molar-refractivity contribution in [1.82, 2.24) is 9.55 Å². The number of aryl methyl sites for hydroxylation is 2. The van der Waals surface area contributed by atoms with Crippen molar-refractivity contribution in [2.45, 2.75) is 44.1 Å². The van der Waals surface area contributed by atoms with Crippen LogP contribution in [0.2, 0.25) is 0 Å². The second kappa shape index (κ2) is 9.89. The number of rotatable bonds is 8. The molecule has 1 unspecified atom stereocenters. The zero-order chi connectivity index (χ0) is 23.5. The highest BCUT2D eigenvalue weighted by molar-refractivity contribution is 8.00. The highest BCUT2D eigenvalue weighted by Crippen LogP contribution is 2.33. The van der Waals surface area contributed by atoms with Gasteiger partial charge in [-0.2, -0.15) is 0 Å². The van der Waals surface area contributed by atoms with Gasteiger partial charge in [0.05, 0.1) is 10.6 Å². The van der Waals surface area contributed by atoms with Crippen LogP contribution in [0.1, 0.15) is 35.3 Å². The minimum atomic E-state index is -0.380. The lowest BCUT2D eigenvalue weighted by Gasteiger charge is -2.14. The van der Waals surface area contributed by atoms with E-state index in [1.807, 2.05) is 67.8 Å². The number of ketones is 1. The fourth-order valence-electron chi connectivity index (χ4n) is 3.68. The number of fused-ring (bicyclic) bond motifs is 1. The fraction of sp³-hybridized carbons (Fsp3) is 0.222. The highest BCUT2D eigenvalue weighted by Gasteiger charge is 2.22. The maximum atomic E-state index is 13.5. The predicted molar refractivity (Wildman–Crippen MR) is 140 cm³/mol. The average Bonchev–Trinajstić information content (AvgIpc) is 3.25. The third-order valence-electron chi connectivity index (χ3n) is 5.63. The third-order valence-corrected chi connectivity index (χ3v) is 7.59. The molecule has 0 saturated heterocycles. The Morgan fingerprint density at radius 3 is 2.52 bits per heavy atom. The zero-order valence-electron chi connectivity index (χ0n) is 19.0. The van der Waals surface area contributed by atoms with E-state index in [0.29, 0.717) is 27.5 Å². The van der Waals surface area contributed by atoms with E-state index >= 15 is 0 Å². The van der Waals surface area contributed by atoms with E-state index in [9.17, 15) is 9.59 Å². The molecule has 0 fully saturated rings. The molecule has 0 radical (unpaired) electrons. The minimum absolute atomic E-state index is 0.0219. The summed E-state index contributed by atoms with van der Waals surface area (Å²) in [7, 11) is 0. The van der Waals surface area contributed by atoms with Crippen LogP contribution in [0.15, 0.2) is 76.5 Å². The van der Waals surface area contributed by atoms with Crippen LogP contribution in [-0.4, -0.2) is 20.6 Å². The molecule has 4 rings (SSSR count). The van der Waals surface area contributed by atoms with Crippen molar-refractivity contribution in [3.05, 3.63) is 93.6 Å². The second-order valence-corrected chi connectivity index (χ2v) is 10.1. The van der Waals surface area contributed by atoms with Gasteiger partial charge >= 0.3 is 0 Å². The monoisotopic (exact) mass is 474 g/mol. The van der Waals surface area contributed by atoms with Crippen molar-refractivity contribution < 1.29 is 4.79 Å². The Labute approximate surface area is 202 Å². The first-order valence-electron chi connectivity index (χ1n) is 10.9. The van der Waals surface area contributed by atoms with Gasteiger partial charge in [0, 0.05) is 23.1 Å². The molecule has 2 aromatic heterocycles. The van der Waals surface area contributed by atoms with Crippen molar-refractivity contribution in [2.75, 3.05) is 0 Å². The lowest BCUT2D eigenvalue weighted by atomic mass is 10.1. The number of hydrogen-bond donors (Lipinski definition) is 0. The molecule has 168 valence electrons. The first kappa shape index (κ1) is 23.2. The number of Topliss-reactive ketones (excluding diaryl/α,β-unsaturated/α-hetero) is 1. The van der Waals surface area contributed by atoms with Crippen LogP contribution in [-0.2, 0) is 13.0 Å². The van der Waals surface area contributed by atoms with Crippen molar-refractivity contribution in [3.63, 3.8) is 0 Å². The molecule has 0 bridgehead atoms. The van der Waals surface area contributed by atoms with Gasteiger partial charge in [0.25, 0.3) is 5.56 Å². The smallest absolute Gasteiger partial charge is 0.263 e. The number of carbonyl (C=O) groups excluding carboxylic acids is 1. The molecule has 4 aromatic rings. The topological polar surface area (TPSA) is 52.0 Å². The molecule has 0 amide bonds. The van der Waals surface area contributed by atoms with Crippen LogP contribution in [0.25, 0.3) is 21.3 Å². The number of nitrogens with zero attached hydrogens (tertiary/aromatic N) is 2. The molecule has 0 aliphatic rings. The zero-order valence-corrected chi connectivity index (χ0v) is 20.6. The van der Waals surface area contributed by atoms with Crippen LogP contribution in [0, 0.1) is 6.92 Å². The Kier molecular flexibility index (Phi) is 6.96. The van der Waals surface area contributed by atoms with Gasteiger partial charge in [-0.1, -0.05) is 78.9 Å². The summed E-state index contributed by atoms with van der Waals surface area (Å²) in [6, 6.07) is 15.9. The molecule has 0 N–H and O–H groups in total. The van der Waals surface area contributed by atoms with E-state index in [1.165, 1.54) is 34.2 Å². The van der Waals surface area contributed by atoms with E-state index in [0.717, 1.165) is 17.5 Å². The van der Waals surface area contributed by atoms with Gasteiger partial charge in [-0.15, -0.1) is 17.9 Å². The number of thioether (sulfide) groups is 1. The van der Waals surface area contributed by atoms with Crippen LogP contribution >= 0.6 is 23.1 Å². The van der Waals surface area contributed by atoms with E-state index in [-0.39, 0.29) is 16.6 Å². The molecule has 0 aliphatic heterocycles. The third kappa shape index (κ3) is 4.72. The number of benzene rings is 2. The van der Waals surface area contributed by atoms with Gasteiger partial charge in [0.1, 0.15) is 4.83 Å².